The summed E-state index contributed by atoms with van der Waals surface area (Å²) in [6.07, 6.45) is 3.27. The summed E-state index contributed by atoms with van der Waals surface area (Å²) in [6.45, 7) is 6.27. The van der Waals surface area contributed by atoms with Gasteiger partial charge in [-0.3, -0.25) is 4.79 Å². The quantitative estimate of drug-likeness (QED) is 0.870. The number of likely N-dealkylation sites (tertiary alicyclic amines) is 1. The van der Waals surface area contributed by atoms with Crippen LogP contribution in [0.1, 0.15) is 47.5 Å². The van der Waals surface area contributed by atoms with E-state index in [4.69, 9.17) is 9.84 Å². The van der Waals surface area contributed by atoms with E-state index in [0.717, 1.165) is 19.4 Å². The van der Waals surface area contributed by atoms with E-state index in [1.807, 2.05) is 0 Å². The number of rotatable bonds is 6. The SMILES string of the molecule is CC(C)CCO[C@@H]1CCN(C(=O)c2ccc(C(=O)O)nc2)C1. The van der Waals surface area contributed by atoms with Crippen molar-refractivity contribution in [3.8, 4) is 0 Å². The minimum Gasteiger partial charge on any atom is -0.477 e. The van der Waals surface area contributed by atoms with Crippen LogP contribution in [0.3, 0.4) is 0 Å². The van der Waals surface area contributed by atoms with Gasteiger partial charge in [0.1, 0.15) is 5.69 Å². The Hall–Kier alpha value is -1.95. The van der Waals surface area contributed by atoms with Crippen LogP contribution in [0.5, 0.6) is 0 Å². The predicted molar refractivity (Wildman–Crippen MR) is 80.9 cm³/mol. The lowest BCUT2D eigenvalue weighted by atomic mass is 10.1. The number of ether oxygens (including phenoxy) is 1. The molecule has 22 heavy (non-hydrogen) atoms. The van der Waals surface area contributed by atoms with Gasteiger partial charge in [-0.25, -0.2) is 9.78 Å². The largest absolute Gasteiger partial charge is 0.477 e. The van der Waals surface area contributed by atoms with Crippen LogP contribution in [0.15, 0.2) is 18.3 Å². The maximum atomic E-state index is 12.3. The standard InChI is InChI=1S/C16H22N2O4/c1-11(2)6-8-22-13-5-7-18(10-13)15(19)12-3-4-14(16(20)21)17-9-12/h3-4,9,11,13H,5-8,10H2,1-2H3,(H,20,21)/t13-/m1/s1. The van der Waals surface area contributed by atoms with Gasteiger partial charge >= 0.3 is 5.97 Å². The Kier molecular flexibility index (Phi) is 5.49. The zero-order chi connectivity index (χ0) is 16.1. The molecule has 120 valence electrons. The molecule has 1 aromatic rings. The van der Waals surface area contributed by atoms with E-state index in [2.05, 4.69) is 18.8 Å². The summed E-state index contributed by atoms with van der Waals surface area (Å²) in [5.74, 6) is -0.615. The highest BCUT2D eigenvalue weighted by atomic mass is 16.5. The maximum absolute atomic E-state index is 12.3. The maximum Gasteiger partial charge on any atom is 0.354 e. The van der Waals surface area contributed by atoms with E-state index in [9.17, 15) is 9.59 Å². The number of pyridine rings is 1. The Labute approximate surface area is 130 Å². The van der Waals surface area contributed by atoms with E-state index in [-0.39, 0.29) is 17.7 Å². The number of hydrogen-bond donors (Lipinski definition) is 1. The molecule has 0 aromatic carbocycles. The molecule has 6 heteroatoms. The molecule has 6 nitrogen and oxygen atoms in total. The molecule has 2 rings (SSSR count). The van der Waals surface area contributed by atoms with Crippen molar-refractivity contribution in [2.75, 3.05) is 19.7 Å². The summed E-state index contributed by atoms with van der Waals surface area (Å²) in [7, 11) is 0. The number of carboxylic acid groups (broad SMARTS) is 1. The van der Waals surface area contributed by atoms with Gasteiger partial charge in [-0.2, -0.15) is 0 Å². The van der Waals surface area contributed by atoms with Crippen molar-refractivity contribution in [2.45, 2.75) is 32.8 Å². The van der Waals surface area contributed by atoms with E-state index in [1.165, 1.54) is 18.3 Å². The zero-order valence-electron chi connectivity index (χ0n) is 13.0. The van der Waals surface area contributed by atoms with Gasteiger partial charge in [-0.15, -0.1) is 0 Å². The molecule has 1 atom stereocenters. The van der Waals surface area contributed by atoms with E-state index in [1.54, 1.807) is 4.90 Å². The molecule has 0 spiro atoms. The van der Waals surface area contributed by atoms with Crippen molar-refractivity contribution in [2.24, 2.45) is 5.92 Å². The smallest absolute Gasteiger partial charge is 0.354 e. The lowest BCUT2D eigenvalue weighted by Gasteiger charge is -2.17. The number of amides is 1. The normalized spacial score (nSPS) is 18.0. The highest BCUT2D eigenvalue weighted by Gasteiger charge is 2.27. The molecule has 0 radical (unpaired) electrons. The van der Waals surface area contributed by atoms with E-state index in [0.29, 0.717) is 24.6 Å². The molecular weight excluding hydrogens is 284 g/mol. The molecular formula is C16H22N2O4. The molecule has 0 saturated carbocycles. The van der Waals surface area contributed by atoms with Gasteiger partial charge in [-0.1, -0.05) is 13.8 Å². The number of aromatic carboxylic acids is 1. The van der Waals surface area contributed by atoms with Gasteiger partial charge in [0.25, 0.3) is 5.91 Å². The van der Waals surface area contributed by atoms with Crippen molar-refractivity contribution < 1.29 is 19.4 Å². The lowest BCUT2D eigenvalue weighted by molar-refractivity contribution is 0.0484. The molecule has 1 aliphatic heterocycles. The first-order valence-corrected chi connectivity index (χ1v) is 7.57. The van der Waals surface area contributed by atoms with Crippen LogP contribution in [0.2, 0.25) is 0 Å². The van der Waals surface area contributed by atoms with Crippen LogP contribution in [0, 0.1) is 5.92 Å². The highest BCUT2D eigenvalue weighted by molar-refractivity contribution is 5.95. The number of carbonyl (C=O) groups excluding carboxylic acids is 1. The summed E-state index contributed by atoms with van der Waals surface area (Å²) >= 11 is 0. The summed E-state index contributed by atoms with van der Waals surface area (Å²) in [6, 6.07) is 2.86. The second-order valence-corrected chi connectivity index (χ2v) is 5.95. The second kappa shape index (κ2) is 7.35. The first kappa shape index (κ1) is 16.4. The summed E-state index contributed by atoms with van der Waals surface area (Å²) in [5.41, 5.74) is 0.348. The van der Waals surface area contributed by atoms with E-state index < -0.39 is 5.97 Å². The minimum atomic E-state index is -1.10. The molecule has 1 saturated heterocycles. The molecule has 2 heterocycles. The number of nitrogens with zero attached hydrogens (tertiary/aromatic N) is 2. The number of hydrogen-bond acceptors (Lipinski definition) is 4. The van der Waals surface area contributed by atoms with Gasteiger partial charge in [0.2, 0.25) is 0 Å². The molecule has 0 bridgehead atoms. The third-order valence-electron chi connectivity index (χ3n) is 3.71. The Morgan fingerprint density at radius 2 is 2.23 bits per heavy atom. The van der Waals surface area contributed by atoms with Gasteiger partial charge in [0, 0.05) is 25.9 Å². The number of carbonyl (C=O) groups is 2. The minimum absolute atomic E-state index is 0.0622. The monoisotopic (exact) mass is 306 g/mol. The van der Waals surface area contributed by atoms with Gasteiger partial charge in [-0.05, 0) is 30.9 Å². The Morgan fingerprint density at radius 3 is 2.82 bits per heavy atom. The van der Waals surface area contributed by atoms with Crippen LogP contribution in [-0.2, 0) is 4.74 Å². The summed E-state index contributed by atoms with van der Waals surface area (Å²) in [4.78, 5) is 28.6. The summed E-state index contributed by atoms with van der Waals surface area (Å²) in [5, 5.41) is 8.81. The predicted octanol–water partition coefficient (Wildman–Crippen LogP) is 2.06. The first-order valence-electron chi connectivity index (χ1n) is 7.57. The molecule has 0 unspecified atom stereocenters. The van der Waals surface area contributed by atoms with Gasteiger partial charge in [0.15, 0.2) is 0 Å². The Balaban J connectivity index is 1.87. The third kappa shape index (κ3) is 4.27. The molecule has 1 aliphatic rings. The first-order chi connectivity index (χ1) is 10.5. The van der Waals surface area contributed by atoms with Crippen molar-refractivity contribution in [1.29, 1.82) is 0 Å². The Morgan fingerprint density at radius 1 is 1.45 bits per heavy atom. The van der Waals surface area contributed by atoms with Crippen molar-refractivity contribution in [1.82, 2.24) is 9.88 Å². The fraction of sp³-hybridized carbons (Fsp3) is 0.562. The summed E-state index contributed by atoms with van der Waals surface area (Å²) < 4.78 is 5.79. The van der Waals surface area contributed by atoms with Gasteiger partial charge in [0.05, 0.1) is 11.7 Å². The van der Waals surface area contributed by atoms with Crippen LogP contribution >= 0.6 is 0 Å². The van der Waals surface area contributed by atoms with Crippen LogP contribution in [0.4, 0.5) is 0 Å². The molecule has 1 amide bonds. The second-order valence-electron chi connectivity index (χ2n) is 5.95. The Bertz CT molecular complexity index is 527. The van der Waals surface area contributed by atoms with Gasteiger partial charge < -0.3 is 14.7 Å². The van der Waals surface area contributed by atoms with Crippen molar-refractivity contribution >= 4 is 11.9 Å². The van der Waals surface area contributed by atoms with E-state index >= 15 is 0 Å². The van der Waals surface area contributed by atoms with Crippen LogP contribution < -0.4 is 0 Å². The average Bonchev–Trinajstić information content (AvgIpc) is 2.95. The zero-order valence-corrected chi connectivity index (χ0v) is 13.0. The number of aromatic nitrogens is 1. The highest BCUT2D eigenvalue weighted by Crippen LogP contribution is 2.16. The molecule has 1 fully saturated rings. The molecule has 0 aliphatic carbocycles. The average molecular weight is 306 g/mol. The van der Waals surface area contributed by atoms with Crippen molar-refractivity contribution in [3.63, 3.8) is 0 Å². The van der Waals surface area contributed by atoms with Crippen molar-refractivity contribution in [3.05, 3.63) is 29.6 Å². The molecule has 1 N–H and O–H groups in total. The fourth-order valence-electron chi connectivity index (χ4n) is 2.35. The van der Waals surface area contributed by atoms with Crippen LogP contribution in [-0.4, -0.2) is 52.7 Å². The van der Waals surface area contributed by atoms with Crippen LogP contribution in [0.25, 0.3) is 0 Å². The fourth-order valence-corrected chi connectivity index (χ4v) is 2.35. The number of carboxylic acids is 1. The third-order valence-corrected chi connectivity index (χ3v) is 3.71. The lowest BCUT2D eigenvalue weighted by Crippen LogP contribution is -2.30. The molecule has 1 aromatic heterocycles. The topological polar surface area (TPSA) is 79.7 Å².